The largest absolute Gasteiger partial charge is 0.480 e. The highest BCUT2D eigenvalue weighted by Gasteiger charge is 2.31. The Bertz CT molecular complexity index is 381. The molecule has 1 heterocycles. The van der Waals surface area contributed by atoms with Crippen LogP contribution in [0.3, 0.4) is 0 Å². The lowest BCUT2D eigenvalue weighted by Gasteiger charge is -2.16. The van der Waals surface area contributed by atoms with Crippen LogP contribution < -0.4 is 10.6 Å². The van der Waals surface area contributed by atoms with Gasteiger partial charge in [0.25, 0.3) is 0 Å². The summed E-state index contributed by atoms with van der Waals surface area (Å²) in [4.78, 5) is 44.4. The minimum absolute atomic E-state index is 0.229. The van der Waals surface area contributed by atoms with Crippen LogP contribution in [-0.2, 0) is 23.9 Å². The molecule has 1 aliphatic rings. The Labute approximate surface area is 103 Å². The predicted molar refractivity (Wildman–Crippen MR) is 57.4 cm³/mol. The highest BCUT2D eigenvalue weighted by Crippen LogP contribution is 2.07. The number of nitrogens with one attached hydrogen (secondary N) is 2. The monoisotopic (exact) mass is 258 g/mol. The van der Waals surface area contributed by atoms with Gasteiger partial charge in [-0.1, -0.05) is 0 Å². The van der Waals surface area contributed by atoms with E-state index in [1.807, 2.05) is 0 Å². The van der Waals surface area contributed by atoms with Crippen molar-refractivity contribution >= 4 is 23.8 Å². The first-order chi connectivity index (χ1) is 8.43. The number of esters is 1. The van der Waals surface area contributed by atoms with Gasteiger partial charge in [0.1, 0.15) is 12.1 Å². The number of ether oxygens (including phenoxy) is 1. The minimum Gasteiger partial charge on any atom is -0.480 e. The van der Waals surface area contributed by atoms with Gasteiger partial charge in [-0.3, -0.25) is 14.4 Å². The fourth-order valence-electron chi connectivity index (χ4n) is 1.53. The lowest BCUT2D eigenvalue weighted by molar-refractivity contribution is -0.149. The molecule has 8 nitrogen and oxygen atoms in total. The number of hydrogen-bond donors (Lipinski definition) is 3. The maximum Gasteiger partial charge on any atom is 0.326 e. The van der Waals surface area contributed by atoms with Crippen LogP contribution in [0.1, 0.15) is 19.3 Å². The van der Waals surface area contributed by atoms with Gasteiger partial charge in [-0.15, -0.1) is 0 Å². The number of methoxy groups -OCH3 is 1. The average molecular weight is 258 g/mol. The molecule has 18 heavy (non-hydrogen) atoms. The van der Waals surface area contributed by atoms with Crippen molar-refractivity contribution in [3.05, 3.63) is 0 Å². The van der Waals surface area contributed by atoms with Crippen molar-refractivity contribution in [2.24, 2.45) is 0 Å². The number of hydrogen-bond acceptors (Lipinski definition) is 5. The Balaban J connectivity index is 2.55. The van der Waals surface area contributed by atoms with Gasteiger partial charge < -0.3 is 20.5 Å². The zero-order valence-electron chi connectivity index (χ0n) is 9.76. The molecule has 1 aliphatic heterocycles. The van der Waals surface area contributed by atoms with Crippen LogP contribution in [0.2, 0.25) is 0 Å². The third kappa shape index (κ3) is 3.72. The maximum atomic E-state index is 11.6. The van der Waals surface area contributed by atoms with E-state index in [0.717, 1.165) is 7.11 Å². The molecule has 0 unspecified atom stereocenters. The van der Waals surface area contributed by atoms with Gasteiger partial charge in [-0.05, 0) is 6.42 Å². The molecule has 1 rings (SSSR count). The van der Waals surface area contributed by atoms with Crippen molar-refractivity contribution < 1.29 is 29.0 Å². The van der Waals surface area contributed by atoms with Gasteiger partial charge in [0.05, 0.1) is 13.5 Å². The van der Waals surface area contributed by atoms with Crippen molar-refractivity contribution in [2.75, 3.05) is 7.11 Å². The predicted octanol–water partition coefficient (Wildman–Crippen LogP) is -1.60. The number of carboxylic acid groups (broad SMARTS) is 1. The zero-order valence-corrected chi connectivity index (χ0v) is 9.76. The fraction of sp³-hybridized carbons (Fsp3) is 0.600. The number of aliphatic carboxylic acids is 1. The second-order valence-electron chi connectivity index (χ2n) is 3.84. The zero-order chi connectivity index (χ0) is 13.7. The van der Waals surface area contributed by atoms with E-state index in [1.165, 1.54) is 0 Å². The van der Waals surface area contributed by atoms with Crippen molar-refractivity contribution in [3.8, 4) is 0 Å². The summed E-state index contributed by atoms with van der Waals surface area (Å²) < 4.78 is 4.33. The molecule has 1 saturated heterocycles. The van der Waals surface area contributed by atoms with Crippen molar-refractivity contribution in [1.82, 2.24) is 10.6 Å². The van der Waals surface area contributed by atoms with Gasteiger partial charge in [0.2, 0.25) is 11.8 Å². The Hall–Kier alpha value is -2.12. The first-order valence-electron chi connectivity index (χ1n) is 5.33. The lowest BCUT2D eigenvalue weighted by atomic mass is 10.1. The Morgan fingerprint density at radius 3 is 2.67 bits per heavy atom. The highest BCUT2D eigenvalue weighted by molar-refractivity contribution is 5.93. The molecular formula is C10H14N2O6. The molecule has 3 N–H and O–H groups in total. The number of carbonyl (C=O) groups excluding carboxylic acids is 3. The van der Waals surface area contributed by atoms with E-state index in [-0.39, 0.29) is 12.3 Å². The molecule has 2 amide bonds. The SMILES string of the molecule is COC(=O)C[C@H](NC(=O)[C@H]1CCC(=O)N1)C(=O)O. The molecule has 0 aromatic carbocycles. The van der Waals surface area contributed by atoms with E-state index in [2.05, 4.69) is 15.4 Å². The fourth-order valence-corrected chi connectivity index (χ4v) is 1.53. The molecule has 0 aromatic rings. The third-order valence-electron chi connectivity index (χ3n) is 2.52. The number of carbonyl (C=O) groups is 4. The van der Waals surface area contributed by atoms with E-state index in [1.54, 1.807) is 0 Å². The molecule has 0 bridgehead atoms. The molecular weight excluding hydrogens is 244 g/mol. The summed E-state index contributed by atoms with van der Waals surface area (Å²) in [5.74, 6) is -2.94. The maximum absolute atomic E-state index is 11.6. The molecule has 100 valence electrons. The summed E-state index contributed by atoms with van der Waals surface area (Å²) in [6.45, 7) is 0. The van der Waals surface area contributed by atoms with Crippen LogP contribution >= 0.6 is 0 Å². The van der Waals surface area contributed by atoms with E-state index in [0.29, 0.717) is 6.42 Å². The smallest absolute Gasteiger partial charge is 0.326 e. The quantitative estimate of drug-likeness (QED) is 0.510. The van der Waals surface area contributed by atoms with Gasteiger partial charge in [-0.25, -0.2) is 4.79 Å². The molecule has 8 heteroatoms. The van der Waals surface area contributed by atoms with E-state index < -0.39 is 36.4 Å². The highest BCUT2D eigenvalue weighted by atomic mass is 16.5. The molecule has 2 atom stereocenters. The average Bonchev–Trinajstić information content (AvgIpc) is 2.74. The number of rotatable bonds is 5. The van der Waals surface area contributed by atoms with Gasteiger partial charge in [-0.2, -0.15) is 0 Å². The summed E-state index contributed by atoms with van der Waals surface area (Å²) in [6.07, 6.45) is 0.0836. The number of amides is 2. The summed E-state index contributed by atoms with van der Waals surface area (Å²) in [5, 5.41) is 13.4. The van der Waals surface area contributed by atoms with Crippen molar-refractivity contribution in [2.45, 2.75) is 31.3 Å². The first kappa shape index (κ1) is 13.9. The van der Waals surface area contributed by atoms with Crippen LogP contribution in [0.25, 0.3) is 0 Å². The van der Waals surface area contributed by atoms with Crippen LogP contribution in [0.5, 0.6) is 0 Å². The normalized spacial score (nSPS) is 19.8. The molecule has 0 spiro atoms. The summed E-state index contributed by atoms with van der Waals surface area (Å²) in [7, 11) is 1.13. The van der Waals surface area contributed by atoms with Crippen molar-refractivity contribution in [1.29, 1.82) is 0 Å². The van der Waals surface area contributed by atoms with Crippen LogP contribution in [0, 0.1) is 0 Å². The molecule has 0 radical (unpaired) electrons. The Kier molecular flexibility index (Phi) is 4.64. The molecule has 0 aliphatic carbocycles. The summed E-state index contributed by atoms with van der Waals surface area (Å²) in [6, 6.07) is -2.10. The Morgan fingerprint density at radius 2 is 2.22 bits per heavy atom. The second kappa shape index (κ2) is 5.99. The lowest BCUT2D eigenvalue weighted by Crippen LogP contribution is -2.49. The third-order valence-corrected chi connectivity index (χ3v) is 2.52. The topological polar surface area (TPSA) is 122 Å². The van der Waals surface area contributed by atoms with E-state index in [9.17, 15) is 19.2 Å². The van der Waals surface area contributed by atoms with Crippen LogP contribution in [0.15, 0.2) is 0 Å². The van der Waals surface area contributed by atoms with E-state index >= 15 is 0 Å². The van der Waals surface area contributed by atoms with Crippen LogP contribution in [0.4, 0.5) is 0 Å². The van der Waals surface area contributed by atoms with Gasteiger partial charge in [0.15, 0.2) is 0 Å². The molecule has 1 fully saturated rings. The van der Waals surface area contributed by atoms with E-state index in [4.69, 9.17) is 5.11 Å². The van der Waals surface area contributed by atoms with Crippen LogP contribution in [-0.4, -0.2) is 48.1 Å². The second-order valence-corrected chi connectivity index (χ2v) is 3.84. The van der Waals surface area contributed by atoms with Gasteiger partial charge in [0, 0.05) is 6.42 Å². The standard InChI is InChI=1S/C10H14N2O6/c1-18-8(14)4-6(10(16)17)12-9(15)5-2-3-7(13)11-5/h5-6H,2-4H2,1H3,(H,11,13)(H,12,15)(H,16,17)/t5-,6+/m1/s1. The first-order valence-corrected chi connectivity index (χ1v) is 5.33. The molecule has 0 saturated carbocycles. The summed E-state index contributed by atoms with van der Waals surface area (Å²) >= 11 is 0. The minimum atomic E-state index is -1.36. The van der Waals surface area contributed by atoms with Gasteiger partial charge >= 0.3 is 11.9 Å². The Morgan fingerprint density at radius 1 is 1.56 bits per heavy atom. The summed E-state index contributed by atoms with van der Waals surface area (Å²) in [5.41, 5.74) is 0. The van der Waals surface area contributed by atoms with Crippen molar-refractivity contribution in [3.63, 3.8) is 0 Å². The molecule has 0 aromatic heterocycles. The number of carboxylic acids is 1.